The van der Waals surface area contributed by atoms with E-state index in [9.17, 15) is 9.59 Å². The molecule has 0 amide bonds. The van der Waals surface area contributed by atoms with E-state index in [0.717, 1.165) is 0 Å². The molecule has 0 radical (unpaired) electrons. The first kappa shape index (κ1) is 19.4. The number of H-pyrrole nitrogens is 1. The van der Waals surface area contributed by atoms with Crippen molar-refractivity contribution in [1.29, 1.82) is 0 Å². The fraction of sp³-hybridized carbons (Fsp3) is 0.150. The SMILES string of the molecule is C=C/C=C(/Cn1c(COc2ccc(Cl)cc2)c2c(=O)n(C)[nH]c2cc1=O)N=C. The van der Waals surface area contributed by atoms with Gasteiger partial charge in [-0.1, -0.05) is 24.3 Å². The molecule has 0 saturated carbocycles. The third-order valence-electron chi connectivity index (χ3n) is 4.25. The van der Waals surface area contributed by atoms with E-state index >= 15 is 0 Å². The molecule has 8 heteroatoms. The van der Waals surface area contributed by atoms with Crippen LogP contribution in [-0.4, -0.2) is 21.1 Å². The first-order valence-electron chi connectivity index (χ1n) is 8.42. The number of nitrogens with one attached hydrogen (secondary N) is 1. The van der Waals surface area contributed by atoms with Gasteiger partial charge in [0.05, 0.1) is 28.8 Å². The lowest BCUT2D eigenvalue weighted by atomic mass is 10.2. The molecule has 0 aliphatic carbocycles. The lowest BCUT2D eigenvalue weighted by molar-refractivity contribution is 0.295. The van der Waals surface area contributed by atoms with Crippen LogP contribution in [0.4, 0.5) is 0 Å². The number of aryl methyl sites for hydroxylation is 1. The average Bonchev–Trinajstić information content (AvgIpc) is 2.95. The van der Waals surface area contributed by atoms with Gasteiger partial charge in [-0.25, -0.2) is 0 Å². The highest BCUT2D eigenvalue weighted by Gasteiger charge is 2.17. The van der Waals surface area contributed by atoms with E-state index in [-0.39, 0.29) is 24.3 Å². The van der Waals surface area contributed by atoms with Gasteiger partial charge < -0.3 is 9.30 Å². The number of hydrogen-bond donors (Lipinski definition) is 1. The van der Waals surface area contributed by atoms with Gasteiger partial charge in [0, 0.05) is 18.1 Å². The number of nitrogens with zero attached hydrogens (tertiary/aromatic N) is 3. The van der Waals surface area contributed by atoms with Crippen LogP contribution < -0.4 is 15.9 Å². The molecule has 0 unspecified atom stereocenters. The van der Waals surface area contributed by atoms with Crippen molar-refractivity contribution in [3.05, 3.63) is 86.2 Å². The van der Waals surface area contributed by atoms with Crippen LogP contribution in [-0.2, 0) is 20.2 Å². The minimum atomic E-state index is -0.289. The van der Waals surface area contributed by atoms with Crippen LogP contribution in [0.5, 0.6) is 5.75 Å². The zero-order chi connectivity index (χ0) is 20.3. The molecule has 28 heavy (non-hydrogen) atoms. The van der Waals surface area contributed by atoms with Gasteiger partial charge in [0.15, 0.2) is 0 Å². The van der Waals surface area contributed by atoms with Crippen molar-refractivity contribution in [2.45, 2.75) is 13.2 Å². The standard InChI is InChI=1S/C20H19ClN4O3/c1-4-5-14(22-2)11-25-17(12-28-15-8-6-13(21)7-9-15)19-16(10-18(25)26)23-24(3)20(19)27/h4-10,23H,1-2,11-12H2,3H3/b14-5-. The first-order valence-corrected chi connectivity index (χ1v) is 8.80. The highest BCUT2D eigenvalue weighted by Crippen LogP contribution is 2.19. The molecule has 7 nitrogen and oxygen atoms in total. The molecule has 2 aromatic heterocycles. The van der Waals surface area contributed by atoms with Gasteiger partial charge in [0.2, 0.25) is 0 Å². The van der Waals surface area contributed by atoms with Gasteiger partial charge >= 0.3 is 0 Å². The van der Waals surface area contributed by atoms with Crippen LogP contribution in [0.25, 0.3) is 10.9 Å². The Morgan fingerprint density at radius 3 is 2.68 bits per heavy atom. The Morgan fingerprint density at radius 2 is 2.04 bits per heavy atom. The van der Waals surface area contributed by atoms with E-state index in [4.69, 9.17) is 16.3 Å². The molecule has 3 rings (SSSR count). The summed E-state index contributed by atoms with van der Waals surface area (Å²) in [7, 11) is 1.59. The number of aromatic nitrogens is 3. The number of benzene rings is 1. The molecule has 0 aliphatic rings. The number of ether oxygens (including phenoxy) is 1. The van der Waals surface area contributed by atoms with Gasteiger partial charge in [-0.3, -0.25) is 24.4 Å². The minimum Gasteiger partial charge on any atom is -0.487 e. The van der Waals surface area contributed by atoms with Gasteiger partial charge in [0.25, 0.3) is 11.1 Å². The van der Waals surface area contributed by atoms with Crippen LogP contribution in [0.15, 0.2) is 69.3 Å². The summed E-state index contributed by atoms with van der Waals surface area (Å²) in [6.07, 6.45) is 3.22. The fourth-order valence-corrected chi connectivity index (χ4v) is 3.01. The number of aromatic amines is 1. The molecule has 0 aliphatic heterocycles. The molecule has 0 atom stereocenters. The molecule has 1 aromatic carbocycles. The Bertz CT molecular complexity index is 1180. The normalized spacial score (nSPS) is 11.6. The Morgan fingerprint density at radius 1 is 1.32 bits per heavy atom. The van der Waals surface area contributed by atoms with E-state index in [2.05, 4.69) is 23.4 Å². The highest BCUT2D eigenvalue weighted by atomic mass is 35.5. The summed E-state index contributed by atoms with van der Waals surface area (Å²) in [4.78, 5) is 29.3. The van der Waals surface area contributed by atoms with E-state index in [1.807, 2.05) is 0 Å². The topological polar surface area (TPSA) is 81.4 Å². The van der Waals surface area contributed by atoms with Crippen molar-refractivity contribution in [2.24, 2.45) is 12.0 Å². The smallest absolute Gasteiger partial charge is 0.276 e. The quantitative estimate of drug-likeness (QED) is 0.490. The van der Waals surface area contributed by atoms with Crippen molar-refractivity contribution in [2.75, 3.05) is 0 Å². The number of pyridine rings is 1. The summed E-state index contributed by atoms with van der Waals surface area (Å²) >= 11 is 5.90. The molecular weight excluding hydrogens is 380 g/mol. The maximum Gasteiger partial charge on any atom is 0.276 e. The number of allylic oxidation sites excluding steroid dienone is 3. The number of aliphatic imine (C=N–C) groups is 1. The van der Waals surface area contributed by atoms with Crippen molar-refractivity contribution in [3.63, 3.8) is 0 Å². The molecular formula is C20H19ClN4O3. The molecule has 3 aromatic rings. The summed E-state index contributed by atoms with van der Waals surface area (Å²) < 4.78 is 8.61. The lowest BCUT2D eigenvalue weighted by Gasteiger charge is -2.14. The number of rotatable bonds is 7. The van der Waals surface area contributed by atoms with Crippen LogP contribution in [0.2, 0.25) is 5.02 Å². The van der Waals surface area contributed by atoms with Crippen molar-refractivity contribution in [3.8, 4) is 5.75 Å². The zero-order valence-electron chi connectivity index (χ0n) is 15.3. The maximum atomic E-state index is 12.7. The Kier molecular flexibility index (Phi) is 5.65. The summed E-state index contributed by atoms with van der Waals surface area (Å²) in [5.41, 5.74) is 0.890. The second kappa shape index (κ2) is 8.14. The van der Waals surface area contributed by atoms with Crippen molar-refractivity contribution in [1.82, 2.24) is 14.3 Å². The van der Waals surface area contributed by atoms with Gasteiger partial charge in [-0.15, -0.1) is 0 Å². The van der Waals surface area contributed by atoms with Gasteiger partial charge in [0.1, 0.15) is 12.4 Å². The van der Waals surface area contributed by atoms with Crippen LogP contribution in [0.1, 0.15) is 5.69 Å². The fourth-order valence-electron chi connectivity index (χ4n) is 2.88. The Hall–Kier alpha value is -3.32. The summed E-state index contributed by atoms with van der Waals surface area (Å²) in [6.45, 7) is 7.31. The van der Waals surface area contributed by atoms with Crippen LogP contribution in [0.3, 0.4) is 0 Å². The molecule has 0 fully saturated rings. The number of hydrogen-bond acceptors (Lipinski definition) is 4. The predicted molar refractivity (Wildman–Crippen MR) is 111 cm³/mol. The summed E-state index contributed by atoms with van der Waals surface area (Å²) in [5.74, 6) is 0.566. The van der Waals surface area contributed by atoms with Crippen molar-refractivity contribution >= 4 is 29.2 Å². The molecule has 2 heterocycles. The van der Waals surface area contributed by atoms with E-state index in [1.165, 1.54) is 15.3 Å². The summed E-state index contributed by atoms with van der Waals surface area (Å²) in [5, 5.41) is 3.86. The van der Waals surface area contributed by atoms with E-state index in [1.54, 1.807) is 43.5 Å². The Balaban J connectivity index is 2.13. The molecule has 0 bridgehead atoms. The summed E-state index contributed by atoms with van der Waals surface area (Å²) in [6, 6.07) is 8.22. The largest absolute Gasteiger partial charge is 0.487 e. The van der Waals surface area contributed by atoms with E-state index in [0.29, 0.717) is 33.1 Å². The average molecular weight is 399 g/mol. The maximum absolute atomic E-state index is 12.7. The lowest BCUT2D eigenvalue weighted by Crippen LogP contribution is -2.26. The third kappa shape index (κ3) is 3.84. The van der Waals surface area contributed by atoms with Gasteiger partial charge in [-0.05, 0) is 37.1 Å². The second-order valence-electron chi connectivity index (χ2n) is 6.07. The molecule has 0 spiro atoms. The van der Waals surface area contributed by atoms with Crippen LogP contribution in [0, 0.1) is 0 Å². The molecule has 144 valence electrons. The van der Waals surface area contributed by atoms with Gasteiger partial charge in [-0.2, -0.15) is 0 Å². The van der Waals surface area contributed by atoms with E-state index < -0.39 is 0 Å². The molecule has 0 saturated heterocycles. The predicted octanol–water partition coefficient (Wildman–Crippen LogP) is 3.03. The number of halogens is 1. The Labute approximate surface area is 165 Å². The monoisotopic (exact) mass is 398 g/mol. The first-order chi connectivity index (χ1) is 13.4. The zero-order valence-corrected chi connectivity index (χ0v) is 16.1. The molecule has 1 N–H and O–H groups in total. The third-order valence-corrected chi connectivity index (χ3v) is 4.50. The second-order valence-corrected chi connectivity index (χ2v) is 6.51. The van der Waals surface area contributed by atoms with Crippen molar-refractivity contribution < 1.29 is 4.74 Å². The number of fused-ring (bicyclic) bond motifs is 1. The van der Waals surface area contributed by atoms with Crippen LogP contribution >= 0.6 is 11.6 Å². The highest BCUT2D eigenvalue weighted by molar-refractivity contribution is 6.30. The minimum absolute atomic E-state index is 0.0137.